The molecule has 2 aliphatic carbocycles. The molecule has 1 heterocycles. The van der Waals surface area contributed by atoms with E-state index >= 15 is 0 Å². The number of carbonyl (C=O) groups excluding carboxylic acids is 1. The van der Waals surface area contributed by atoms with E-state index in [0.29, 0.717) is 17.8 Å². The van der Waals surface area contributed by atoms with Gasteiger partial charge in [-0.2, -0.15) is 0 Å². The number of benzene rings is 1. The van der Waals surface area contributed by atoms with Crippen LogP contribution in [0.5, 0.6) is 5.75 Å². The number of carbonyl (C=O) groups is 1. The lowest BCUT2D eigenvalue weighted by molar-refractivity contribution is -0.127. The van der Waals surface area contributed by atoms with Gasteiger partial charge in [-0.05, 0) is 62.6 Å². The number of hydrogen-bond donors (Lipinski definition) is 0. The van der Waals surface area contributed by atoms with Crippen molar-refractivity contribution in [3.63, 3.8) is 0 Å². The summed E-state index contributed by atoms with van der Waals surface area (Å²) in [6, 6.07) is 5.61. The van der Waals surface area contributed by atoms with Crippen LogP contribution in [-0.4, -0.2) is 11.9 Å². The molecule has 2 aliphatic rings. The Kier molecular flexibility index (Phi) is 3.68. The van der Waals surface area contributed by atoms with Crippen LogP contribution in [0.15, 0.2) is 27.4 Å². The summed E-state index contributed by atoms with van der Waals surface area (Å²) < 4.78 is 11.3. The zero-order valence-corrected chi connectivity index (χ0v) is 13.1. The van der Waals surface area contributed by atoms with Crippen LogP contribution in [0, 0.1) is 0 Å². The summed E-state index contributed by atoms with van der Waals surface area (Å²) in [5.74, 6) is 0.778. The summed E-state index contributed by atoms with van der Waals surface area (Å²) in [6.07, 6.45) is 6.89. The van der Waals surface area contributed by atoms with Crippen LogP contribution in [0.3, 0.4) is 0 Å². The van der Waals surface area contributed by atoms with E-state index in [-0.39, 0.29) is 17.5 Å². The third-order valence-electron chi connectivity index (χ3n) is 4.97. The summed E-state index contributed by atoms with van der Waals surface area (Å²) in [4.78, 5) is 24.1. The minimum absolute atomic E-state index is 0.170. The number of rotatable bonds is 2. The minimum Gasteiger partial charge on any atom is -0.483 e. The van der Waals surface area contributed by atoms with Crippen molar-refractivity contribution >= 4 is 16.8 Å². The maximum atomic E-state index is 12.2. The van der Waals surface area contributed by atoms with E-state index in [1.165, 1.54) is 0 Å². The number of ketones is 1. The molecule has 1 saturated carbocycles. The molecule has 0 radical (unpaired) electrons. The topological polar surface area (TPSA) is 56.5 Å². The van der Waals surface area contributed by atoms with Gasteiger partial charge in [0.2, 0.25) is 0 Å². The maximum absolute atomic E-state index is 12.2. The fourth-order valence-electron chi connectivity index (χ4n) is 3.74. The summed E-state index contributed by atoms with van der Waals surface area (Å²) in [6.45, 7) is 0. The zero-order chi connectivity index (χ0) is 15.8. The molecule has 0 spiro atoms. The predicted molar refractivity (Wildman–Crippen MR) is 87.0 cm³/mol. The van der Waals surface area contributed by atoms with Crippen LogP contribution in [-0.2, 0) is 17.6 Å². The fourth-order valence-corrected chi connectivity index (χ4v) is 3.74. The molecule has 1 atom stereocenters. The van der Waals surface area contributed by atoms with Gasteiger partial charge in [0.05, 0.1) is 0 Å². The maximum Gasteiger partial charge on any atom is 0.339 e. The Balaban J connectivity index is 1.71. The van der Waals surface area contributed by atoms with E-state index < -0.39 is 0 Å². The minimum atomic E-state index is -0.356. The highest BCUT2D eigenvalue weighted by molar-refractivity contribution is 5.85. The molecule has 0 saturated heterocycles. The van der Waals surface area contributed by atoms with Gasteiger partial charge in [0.15, 0.2) is 11.9 Å². The van der Waals surface area contributed by atoms with Gasteiger partial charge in [0.1, 0.15) is 11.3 Å². The Bertz CT molecular complexity index is 818. The second kappa shape index (κ2) is 5.84. The van der Waals surface area contributed by atoms with Crippen molar-refractivity contribution in [3.05, 3.63) is 39.7 Å². The van der Waals surface area contributed by atoms with Crippen LogP contribution in [0.2, 0.25) is 0 Å². The lowest BCUT2D eigenvalue weighted by Gasteiger charge is -2.22. The Morgan fingerprint density at radius 1 is 0.957 bits per heavy atom. The summed E-state index contributed by atoms with van der Waals surface area (Å²) in [5.41, 5.74) is 2.30. The monoisotopic (exact) mass is 312 g/mol. The Labute approximate surface area is 134 Å². The van der Waals surface area contributed by atoms with Crippen molar-refractivity contribution in [1.82, 2.24) is 0 Å². The van der Waals surface area contributed by atoms with E-state index in [2.05, 4.69) is 0 Å². The Hall–Kier alpha value is -2.10. The lowest BCUT2D eigenvalue weighted by Crippen LogP contribution is -2.30. The van der Waals surface area contributed by atoms with Gasteiger partial charge in [-0.25, -0.2) is 4.79 Å². The van der Waals surface area contributed by atoms with Crippen LogP contribution in [0.4, 0.5) is 0 Å². The summed E-state index contributed by atoms with van der Waals surface area (Å²) in [5, 5.41) is 1.00. The lowest BCUT2D eigenvalue weighted by atomic mass is 9.90. The third-order valence-corrected chi connectivity index (χ3v) is 4.97. The molecule has 0 amide bonds. The van der Waals surface area contributed by atoms with Crippen molar-refractivity contribution in [1.29, 1.82) is 0 Å². The predicted octanol–water partition coefficient (Wildman–Crippen LogP) is 3.56. The van der Waals surface area contributed by atoms with Gasteiger partial charge in [0.25, 0.3) is 0 Å². The number of ether oxygens (including phenoxy) is 1. The molecule has 0 bridgehead atoms. The molecule has 4 heteroatoms. The fraction of sp³-hybridized carbons (Fsp3) is 0.474. The third kappa shape index (κ3) is 2.67. The average Bonchev–Trinajstić information content (AvgIpc) is 2.57. The Morgan fingerprint density at radius 2 is 1.74 bits per heavy atom. The van der Waals surface area contributed by atoms with Gasteiger partial charge >= 0.3 is 5.63 Å². The second-order valence-electron chi connectivity index (χ2n) is 6.53. The smallest absolute Gasteiger partial charge is 0.339 e. The van der Waals surface area contributed by atoms with Gasteiger partial charge in [-0.3, -0.25) is 4.79 Å². The van der Waals surface area contributed by atoms with Crippen molar-refractivity contribution in [2.75, 3.05) is 0 Å². The van der Waals surface area contributed by atoms with E-state index in [9.17, 15) is 9.59 Å². The van der Waals surface area contributed by atoms with Crippen molar-refractivity contribution < 1.29 is 13.9 Å². The molecule has 1 aromatic heterocycles. The average molecular weight is 312 g/mol. The number of Topliss-reactive ketones (excluding diaryl/α,β-unsaturated/α-hetero) is 1. The van der Waals surface area contributed by atoms with Crippen LogP contribution < -0.4 is 10.4 Å². The highest BCUT2D eigenvalue weighted by Gasteiger charge is 2.24. The van der Waals surface area contributed by atoms with Gasteiger partial charge in [-0.1, -0.05) is 0 Å². The zero-order valence-electron chi connectivity index (χ0n) is 13.1. The summed E-state index contributed by atoms with van der Waals surface area (Å²) >= 11 is 0. The molecular weight excluding hydrogens is 292 g/mol. The van der Waals surface area contributed by atoms with Crippen LogP contribution in [0.1, 0.15) is 49.7 Å². The molecule has 4 rings (SSSR count). The molecule has 0 N–H and O–H groups in total. The number of aryl methyl sites for hydroxylation is 1. The van der Waals surface area contributed by atoms with Crippen LogP contribution >= 0.6 is 0 Å². The molecular formula is C19H20O4. The summed E-state index contributed by atoms with van der Waals surface area (Å²) in [7, 11) is 0. The number of fused-ring (bicyclic) bond motifs is 3. The molecule has 2 aromatic rings. The van der Waals surface area contributed by atoms with E-state index in [1.54, 1.807) is 6.07 Å². The molecule has 4 nitrogen and oxygen atoms in total. The van der Waals surface area contributed by atoms with Crippen molar-refractivity contribution in [2.24, 2.45) is 0 Å². The van der Waals surface area contributed by atoms with Crippen molar-refractivity contribution in [2.45, 2.75) is 57.5 Å². The van der Waals surface area contributed by atoms with Gasteiger partial charge < -0.3 is 9.15 Å². The first-order valence-corrected chi connectivity index (χ1v) is 8.50. The molecule has 1 fully saturated rings. The van der Waals surface area contributed by atoms with Crippen LogP contribution in [0.25, 0.3) is 11.0 Å². The van der Waals surface area contributed by atoms with Gasteiger partial charge in [-0.15, -0.1) is 0 Å². The SMILES string of the molecule is O=C1CCCC[C@@H]1Oc1ccc2c3c(c(=O)oc2c1)CCCC3. The quantitative estimate of drug-likeness (QED) is 0.796. The first-order valence-electron chi connectivity index (χ1n) is 8.50. The highest BCUT2D eigenvalue weighted by Crippen LogP contribution is 2.30. The molecule has 120 valence electrons. The normalized spacial score (nSPS) is 21.2. The number of hydrogen-bond acceptors (Lipinski definition) is 4. The largest absolute Gasteiger partial charge is 0.483 e. The van der Waals surface area contributed by atoms with E-state index in [4.69, 9.17) is 9.15 Å². The van der Waals surface area contributed by atoms with E-state index in [1.807, 2.05) is 12.1 Å². The molecule has 0 unspecified atom stereocenters. The molecule has 1 aromatic carbocycles. The molecule has 0 aliphatic heterocycles. The molecule has 23 heavy (non-hydrogen) atoms. The van der Waals surface area contributed by atoms with Gasteiger partial charge in [0, 0.05) is 23.4 Å². The Morgan fingerprint density at radius 3 is 2.57 bits per heavy atom. The first-order chi connectivity index (χ1) is 11.2. The van der Waals surface area contributed by atoms with E-state index in [0.717, 1.165) is 61.5 Å². The van der Waals surface area contributed by atoms with Crippen molar-refractivity contribution in [3.8, 4) is 5.75 Å². The highest BCUT2D eigenvalue weighted by atomic mass is 16.5. The standard InChI is InChI=1S/C19H20O4/c20-16-7-3-4-8-17(16)22-12-9-10-14-13-5-1-2-6-15(13)19(21)23-18(14)11-12/h9-11,17H,1-8H2/t17-/m0/s1. The first kappa shape index (κ1) is 14.5. The second-order valence-corrected chi connectivity index (χ2v) is 6.53.